The number of likely N-dealkylation sites (tertiary alicyclic amines) is 1. The van der Waals surface area contributed by atoms with Crippen molar-refractivity contribution in [2.24, 2.45) is 0 Å². The third kappa shape index (κ3) is 3.89. The van der Waals surface area contributed by atoms with E-state index in [0.717, 1.165) is 22.6 Å². The summed E-state index contributed by atoms with van der Waals surface area (Å²) in [6.07, 6.45) is 3.49. The summed E-state index contributed by atoms with van der Waals surface area (Å²) < 4.78 is 17.7. The van der Waals surface area contributed by atoms with E-state index in [9.17, 15) is 9.59 Å². The predicted molar refractivity (Wildman–Crippen MR) is 99.6 cm³/mol. The predicted octanol–water partition coefficient (Wildman–Crippen LogP) is 3.43. The number of nitrogens with zero attached hydrogens (tertiary/aromatic N) is 1. The molecule has 2 aromatic rings. The molecule has 2 aliphatic rings. The number of rotatable bonds is 5. The highest BCUT2D eigenvalue weighted by atomic mass is 16.7. The zero-order valence-electron chi connectivity index (χ0n) is 15.6. The SMILES string of the molecule is O=C(O)CCCC(=O)N1CCC2(CC1)OCc1cc(-c3ccco3)ccc1O2. The van der Waals surface area contributed by atoms with Crippen molar-refractivity contribution in [3.63, 3.8) is 0 Å². The van der Waals surface area contributed by atoms with Crippen molar-refractivity contribution in [2.75, 3.05) is 13.1 Å². The van der Waals surface area contributed by atoms with E-state index < -0.39 is 11.8 Å². The number of carbonyl (C=O) groups is 2. The van der Waals surface area contributed by atoms with Gasteiger partial charge in [-0.25, -0.2) is 0 Å². The molecule has 1 N–H and O–H groups in total. The highest BCUT2D eigenvalue weighted by Gasteiger charge is 2.41. The fourth-order valence-electron chi connectivity index (χ4n) is 3.72. The normalized spacial score (nSPS) is 17.8. The minimum atomic E-state index is -0.872. The van der Waals surface area contributed by atoms with Crippen LogP contribution in [0.1, 0.15) is 37.7 Å². The number of ether oxygens (including phenoxy) is 2. The molecule has 0 saturated carbocycles. The van der Waals surface area contributed by atoms with Gasteiger partial charge in [0, 0.05) is 49.9 Å². The number of carboxylic acids is 1. The second kappa shape index (κ2) is 7.67. The van der Waals surface area contributed by atoms with E-state index in [0.29, 0.717) is 39.0 Å². The Morgan fingerprint density at radius 2 is 1.96 bits per heavy atom. The fraction of sp³-hybridized carbons (Fsp3) is 0.429. The molecule has 1 saturated heterocycles. The quantitative estimate of drug-likeness (QED) is 0.848. The van der Waals surface area contributed by atoms with Gasteiger partial charge in [-0.2, -0.15) is 0 Å². The molecule has 4 rings (SSSR count). The number of carbonyl (C=O) groups excluding carboxylic acids is 1. The van der Waals surface area contributed by atoms with Crippen LogP contribution < -0.4 is 4.74 Å². The van der Waals surface area contributed by atoms with Gasteiger partial charge < -0.3 is 23.9 Å². The van der Waals surface area contributed by atoms with Crippen LogP contribution in [-0.2, 0) is 20.9 Å². The van der Waals surface area contributed by atoms with Gasteiger partial charge in [-0.1, -0.05) is 0 Å². The lowest BCUT2D eigenvalue weighted by molar-refractivity contribution is -0.227. The Morgan fingerprint density at radius 1 is 1.14 bits per heavy atom. The molecule has 2 aliphatic heterocycles. The number of hydrogen-bond donors (Lipinski definition) is 1. The summed E-state index contributed by atoms with van der Waals surface area (Å²) in [6, 6.07) is 9.70. The average Bonchev–Trinajstić information content (AvgIpc) is 3.23. The fourth-order valence-corrected chi connectivity index (χ4v) is 3.72. The molecule has 0 radical (unpaired) electrons. The second-order valence-electron chi connectivity index (χ2n) is 7.23. The lowest BCUT2D eigenvalue weighted by atomic mass is 10.00. The minimum Gasteiger partial charge on any atom is -0.481 e. The van der Waals surface area contributed by atoms with Crippen molar-refractivity contribution in [1.82, 2.24) is 4.90 Å². The zero-order valence-corrected chi connectivity index (χ0v) is 15.6. The number of benzene rings is 1. The number of aliphatic carboxylic acids is 1. The first kappa shape index (κ1) is 18.6. The number of fused-ring (bicyclic) bond motifs is 1. The zero-order chi connectivity index (χ0) is 19.6. The maximum absolute atomic E-state index is 12.2. The van der Waals surface area contributed by atoms with Crippen LogP contribution in [0.15, 0.2) is 41.0 Å². The van der Waals surface area contributed by atoms with Crippen molar-refractivity contribution in [3.05, 3.63) is 42.2 Å². The van der Waals surface area contributed by atoms with E-state index >= 15 is 0 Å². The van der Waals surface area contributed by atoms with E-state index in [1.807, 2.05) is 30.3 Å². The summed E-state index contributed by atoms with van der Waals surface area (Å²) in [5, 5.41) is 8.69. The summed E-state index contributed by atoms with van der Waals surface area (Å²) in [5.41, 5.74) is 1.96. The highest BCUT2D eigenvalue weighted by molar-refractivity contribution is 5.77. The summed E-state index contributed by atoms with van der Waals surface area (Å²) in [4.78, 5) is 24.6. The van der Waals surface area contributed by atoms with Gasteiger partial charge in [0.2, 0.25) is 11.7 Å². The maximum atomic E-state index is 12.2. The van der Waals surface area contributed by atoms with E-state index in [1.54, 1.807) is 11.2 Å². The Kier molecular flexibility index (Phi) is 5.09. The van der Waals surface area contributed by atoms with Gasteiger partial charge >= 0.3 is 5.97 Å². The Hall–Kier alpha value is -2.80. The molecule has 1 aromatic carbocycles. The Balaban J connectivity index is 1.36. The van der Waals surface area contributed by atoms with Gasteiger partial charge in [-0.15, -0.1) is 0 Å². The van der Waals surface area contributed by atoms with Crippen LogP contribution in [0.25, 0.3) is 11.3 Å². The smallest absolute Gasteiger partial charge is 0.303 e. The molecule has 7 nitrogen and oxygen atoms in total. The lowest BCUT2D eigenvalue weighted by Crippen LogP contribution is -2.52. The van der Waals surface area contributed by atoms with E-state index in [-0.39, 0.29) is 18.7 Å². The number of carboxylic acid groups (broad SMARTS) is 1. The molecule has 148 valence electrons. The summed E-state index contributed by atoms with van der Waals surface area (Å²) in [6.45, 7) is 1.55. The van der Waals surface area contributed by atoms with Crippen LogP contribution >= 0.6 is 0 Å². The standard InChI is InChI=1S/C21H23NO6/c23-19(4-1-5-20(24)25)22-10-8-21(9-11-22)27-14-16-13-15(6-7-18(16)28-21)17-3-2-12-26-17/h2-3,6-7,12-13H,1,4-5,8-11,14H2,(H,24,25). The van der Waals surface area contributed by atoms with Gasteiger partial charge in [-0.05, 0) is 36.8 Å². The molecule has 28 heavy (non-hydrogen) atoms. The molecular formula is C21H23NO6. The summed E-state index contributed by atoms with van der Waals surface area (Å²) in [7, 11) is 0. The first-order chi connectivity index (χ1) is 13.5. The van der Waals surface area contributed by atoms with Gasteiger partial charge in [0.15, 0.2) is 0 Å². The van der Waals surface area contributed by atoms with Gasteiger partial charge in [0.05, 0.1) is 12.9 Å². The molecule has 0 unspecified atom stereocenters. The molecule has 1 amide bonds. The number of amides is 1. The van der Waals surface area contributed by atoms with Crippen LogP contribution in [0.4, 0.5) is 0 Å². The van der Waals surface area contributed by atoms with Gasteiger partial charge in [0.1, 0.15) is 11.5 Å². The molecule has 1 aromatic heterocycles. The van der Waals surface area contributed by atoms with Crippen molar-refractivity contribution in [2.45, 2.75) is 44.5 Å². The topological polar surface area (TPSA) is 89.2 Å². The second-order valence-corrected chi connectivity index (χ2v) is 7.23. The van der Waals surface area contributed by atoms with Gasteiger partial charge in [0.25, 0.3) is 0 Å². The number of furan rings is 1. The van der Waals surface area contributed by atoms with E-state index in [2.05, 4.69) is 0 Å². The molecule has 3 heterocycles. The first-order valence-corrected chi connectivity index (χ1v) is 9.54. The molecule has 0 atom stereocenters. The highest BCUT2D eigenvalue weighted by Crippen LogP contribution is 2.39. The molecule has 1 fully saturated rings. The van der Waals surface area contributed by atoms with Crippen molar-refractivity contribution >= 4 is 11.9 Å². The summed E-state index contributed by atoms with van der Waals surface area (Å²) >= 11 is 0. The van der Waals surface area contributed by atoms with Crippen LogP contribution in [0.2, 0.25) is 0 Å². The van der Waals surface area contributed by atoms with Crippen LogP contribution in [0, 0.1) is 0 Å². The van der Waals surface area contributed by atoms with Crippen LogP contribution in [-0.4, -0.2) is 40.8 Å². The molecule has 1 spiro atoms. The Labute approximate surface area is 162 Å². The van der Waals surface area contributed by atoms with Crippen LogP contribution in [0.3, 0.4) is 0 Å². The molecular weight excluding hydrogens is 362 g/mol. The van der Waals surface area contributed by atoms with Crippen molar-refractivity contribution < 1.29 is 28.6 Å². The third-order valence-electron chi connectivity index (χ3n) is 5.31. The molecule has 0 bridgehead atoms. The number of piperidine rings is 1. The molecule has 0 aliphatic carbocycles. The monoisotopic (exact) mass is 385 g/mol. The first-order valence-electron chi connectivity index (χ1n) is 9.54. The minimum absolute atomic E-state index is 0.00426. The van der Waals surface area contributed by atoms with E-state index in [4.69, 9.17) is 19.0 Å². The maximum Gasteiger partial charge on any atom is 0.303 e. The lowest BCUT2D eigenvalue weighted by Gasteiger charge is -2.44. The summed E-state index contributed by atoms with van der Waals surface area (Å²) in [5.74, 6) is 0.0381. The molecule has 7 heteroatoms. The van der Waals surface area contributed by atoms with Gasteiger partial charge in [-0.3, -0.25) is 9.59 Å². The number of hydrogen-bond acceptors (Lipinski definition) is 5. The Morgan fingerprint density at radius 3 is 2.68 bits per heavy atom. The third-order valence-corrected chi connectivity index (χ3v) is 5.31. The Bertz CT molecular complexity index is 852. The van der Waals surface area contributed by atoms with Crippen molar-refractivity contribution in [3.8, 4) is 17.1 Å². The van der Waals surface area contributed by atoms with Crippen molar-refractivity contribution in [1.29, 1.82) is 0 Å². The largest absolute Gasteiger partial charge is 0.481 e. The average molecular weight is 385 g/mol. The van der Waals surface area contributed by atoms with E-state index in [1.165, 1.54) is 0 Å². The van der Waals surface area contributed by atoms with Crippen LogP contribution in [0.5, 0.6) is 5.75 Å².